The van der Waals surface area contributed by atoms with Crippen molar-refractivity contribution in [2.45, 2.75) is 44.4 Å². The van der Waals surface area contributed by atoms with E-state index in [1.165, 1.54) is 12.1 Å². The van der Waals surface area contributed by atoms with Crippen molar-refractivity contribution in [1.29, 1.82) is 0 Å². The van der Waals surface area contributed by atoms with Crippen LogP contribution in [0.5, 0.6) is 5.75 Å². The highest BCUT2D eigenvalue weighted by Crippen LogP contribution is 2.16. The molecular weight excluding hydrogens is 384 g/mol. The van der Waals surface area contributed by atoms with Crippen molar-refractivity contribution in [2.24, 2.45) is 0 Å². The van der Waals surface area contributed by atoms with E-state index in [-0.39, 0.29) is 36.8 Å². The van der Waals surface area contributed by atoms with Gasteiger partial charge in [0.15, 0.2) is 6.10 Å². The standard InChI is InChI=1S/C19H28N2O8/c1-12(20-10-7-16(23)18(26)27)6-9-21-14(17(24)25)8-11-29-19(28)13-4-2-3-5-15(13)22/h2-5,12,14,16,20-23H,6-11H2,1H3,(H,24,25)(H,26,27)/t12-,14+,16+/m1/s1. The van der Waals surface area contributed by atoms with Gasteiger partial charge in [-0.2, -0.15) is 0 Å². The topological polar surface area (TPSA) is 165 Å². The van der Waals surface area contributed by atoms with Crippen LogP contribution in [-0.2, 0) is 14.3 Å². The molecule has 6 N–H and O–H groups in total. The van der Waals surface area contributed by atoms with Crippen LogP contribution in [-0.4, -0.2) is 76.2 Å². The molecule has 10 heteroatoms. The molecule has 1 aromatic carbocycles. The first-order valence-corrected chi connectivity index (χ1v) is 9.28. The third-order valence-electron chi connectivity index (χ3n) is 4.23. The van der Waals surface area contributed by atoms with Crippen LogP contribution in [0, 0.1) is 0 Å². The molecule has 0 saturated carbocycles. The number of rotatable bonds is 14. The lowest BCUT2D eigenvalue weighted by Crippen LogP contribution is -2.40. The van der Waals surface area contributed by atoms with Crippen LogP contribution in [0.15, 0.2) is 24.3 Å². The minimum atomic E-state index is -1.41. The van der Waals surface area contributed by atoms with Crippen molar-refractivity contribution < 1.29 is 39.5 Å². The first-order chi connectivity index (χ1) is 13.7. The highest BCUT2D eigenvalue weighted by molar-refractivity contribution is 5.92. The maximum Gasteiger partial charge on any atom is 0.341 e. The average molecular weight is 412 g/mol. The van der Waals surface area contributed by atoms with Gasteiger partial charge in [0.05, 0.1) is 6.61 Å². The number of hydrogen-bond donors (Lipinski definition) is 6. The summed E-state index contributed by atoms with van der Waals surface area (Å²) in [6, 6.07) is 4.99. The number of phenolic OH excluding ortho intramolecular Hbond substituents is 1. The van der Waals surface area contributed by atoms with Crippen LogP contribution in [0.3, 0.4) is 0 Å². The molecule has 0 aromatic heterocycles. The Hall–Kier alpha value is -2.69. The second-order valence-electron chi connectivity index (χ2n) is 6.57. The quantitative estimate of drug-likeness (QED) is 0.232. The molecule has 0 unspecified atom stereocenters. The molecule has 0 heterocycles. The van der Waals surface area contributed by atoms with Crippen molar-refractivity contribution in [1.82, 2.24) is 10.6 Å². The number of carboxylic acids is 2. The zero-order valence-electron chi connectivity index (χ0n) is 16.2. The zero-order valence-corrected chi connectivity index (χ0v) is 16.2. The van der Waals surface area contributed by atoms with Gasteiger partial charge in [-0.1, -0.05) is 12.1 Å². The Labute approximate surface area is 168 Å². The Bertz CT molecular complexity index is 682. The highest BCUT2D eigenvalue weighted by Gasteiger charge is 2.19. The van der Waals surface area contributed by atoms with Crippen LogP contribution in [0.4, 0.5) is 0 Å². The van der Waals surface area contributed by atoms with Crippen LogP contribution in [0.1, 0.15) is 36.5 Å². The molecule has 0 fully saturated rings. The second kappa shape index (κ2) is 12.7. The van der Waals surface area contributed by atoms with E-state index >= 15 is 0 Å². The van der Waals surface area contributed by atoms with E-state index in [0.717, 1.165) is 0 Å². The monoisotopic (exact) mass is 412 g/mol. The largest absolute Gasteiger partial charge is 0.507 e. The Morgan fingerprint density at radius 3 is 2.28 bits per heavy atom. The Morgan fingerprint density at radius 1 is 1.00 bits per heavy atom. The van der Waals surface area contributed by atoms with E-state index in [1.807, 2.05) is 6.92 Å². The van der Waals surface area contributed by atoms with Gasteiger partial charge in [0.2, 0.25) is 0 Å². The maximum absolute atomic E-state index is 11.9. The van der Waals surface area contributed by atoms with E-state index in [0.29, 0.717) is 19.5 Å². The Morgan fingerprint density at radius 2 is 1.66 bits per heavy atom. The molecule has 1 aromatic rings. The van der Waals surface area contributed by atoms with E-state index in [4.69, 9.17) is 9.84 Å². The second-order valence-corrected chi connectivity index (χ2v) is 6.57. The number of carbonyl (C=O) groups is 3. The summed E-state index contributed by atoms with van der Waals surface area (Å²) in [5.74, 6) is -3.28. The molecule has 0 aliphatic rings. The van der Waals surface area contributed by atoms with Gasteiger partial charge < -0.3 is 35.8 Å². The average Bonchev–Trinajstić information content (AvgIpc) is 2.66. The summed E-state index contributed by atoms with van der Waals surface area (Å²) in [6.45, 7) is 2.43. The smallest absolute Gasteiger partial charge is 0.341 e. The fourth-order valence-electron chi connectivity index (χ4n) is 2.47. The van der Waals surface area contributed by atoms with Gasteiger partial charge in [-0.3, -0.25) is 4.79 Å². The number of carboxylic acid groups (broad SMARTS) is 2. The Kier molecular flexibility index (Phi) is 10.7. The van der Waals surface area contributed by atoms with Gasteiger partial charge in [-0.25, -0.2) is 9.59 Å². The maximum atomic E-state index is 11.9. The number of benzene rings is 1. The predicted octanol–water partition coefficient (Wildman–Crippen LogP) is 0.186. The molecule has 3 atom stereocenters. The minimum Gasteiger partial charge on any atom is -0.507 e. The van der Waals surface area contributed by atoms with Gasteiger partial charge in [0.1, 0.15) is 17.4 Å². The fraction of sp³-hybridized carbons (Fsp3) is 0.526. The third kappa shape index (κ3) is 9.37. The first kappa shape index (κ1) is 24.3. The highest BCUT2D eigenvalue weighted by atomic mass is 16.5. The predicted molar refractivity (Wildman–Crippen MR) is 103 cm³/mol. The summed E-state index contributed by atoms with van der Waals surface area (Å²) in [5.41, 5.74) is 0.0141. The molecule has 0 bridgehead atoms. The van der Waals surface area contributed by atoms with Crippen LogP contribution >= 0.6 is 0 Å². The van der Waals surface area contributed by atoms with Crippen LogP contribution < -0.4 is 10.6 Å². The SMILES string of the molecule is C[C@H](CCN[C@@H](CCOC(=O)c1ccccc1O)C(=O)O)NCC[C@H](O)C(=O)O. The van der Waals surface area contributed by atoms with Crippen molar-refractivity contribution in [3.05, 3.63) is 29.8 Å². The van der Waals surface area contributed by atoms with Crippen LogP contribution in [0.25, 0.3) is 0 Å². The van der Waals surface area contributed by atoms with Crippen molar-refractivity contribution in [2.75, 3.05) is 19.7 Å². The molecule has 29 heavy (non-hydrogen) atoms. The number of aromatic hydroxyl groups is 1. The number of aliphatic hydroxyl groups is 1. The van der Waals surface area contributed by atoms with E-state index in [9.17, 15) is 29.7 Å². The van der Waals surface area contributed by atoms with Gasteiger partial charge in [-0.05, 0) is 45.0 Å². The number of para-hydroxylation sites is 1. The summed E-state index contributed by atoms with van der Waals surface area (Å²) < 4.78 is 5.03. The fourth-order valence-corrected chi connectivity index (χ4v) is 2.47. The van der Waals surface area contributed by atoms with E-state index in [2.05, 4.69) is 10.6 Å². The van der Waals surface area contributed by atoms with Crippen molar-refractivity contribution >= 4 is 17.9 Å². The summed E-state index contributed by atoms with van der Waals surface area (Å²) in [4.78, 5) is 33.8. The number of phenols is 1. The molecule has 0 spiro atoms. The van der Waals surface area contributed by atoms with Gasteiger partial charge in [0.25, 0.3) is 0 Å². The van der Waals surface area contributed by atoms with E-state index in [1.54, 1.807) is 12.1 Å². The normalized spacial score (nSPS) is 14.0. The number of ether oxygens (including phenoxy) is 1. The molecule has 10 nitrogen and oxygen atoms in total. The van der Waals surface area contributed by atoms with Crippen molar-refractivity contribution in [3.8, 4) is 5.75 Å². The molecule has 0 saturated heterocycles. The Balaban J connectivity index is 2.29. The lowest BCUT2D eigenvalue weighted by molar-refractivity contribution is -0.146. The van der Waals surface area contributed by atoms with Gasteiger partial charge >= 0.3 is 17.9 Å². The number of esters is 1. The van der Waals surface area contributed by atoms with Gasteiger partial charge in [-0.15, -0.1) is 0 Å². The molecule has 0 aliphatic heterocycles. The third-order valence-corrected chi connectivity index (χ3v) is 4.23. The van der Waals surface area contributed by atoms with Gasteiger partial charge in [0, 0.05) is 12.5 Å². The molecule has 0 radical (unpaired) electrons. The first-order valence-electron chi connectivity index (χ1n) is 9.28. The van der Waals surface area contributed by atoms with E-state index < -0.39 is 30.1 Å². The number of aliphatic carboxylic acids is 2. The molecule has 0 aliphatic carbocycles. The zero-order chi connectivity index (χ0) is 21.8. The number of carbonyl (C=O) groups excluding carboxylic acids is 1. The number of aliphatic hydroxyl groups excluding tert-OH is 1. The summed E-state index contributed by atoms with van der Waals surface area (Å²) in [6.07, 6.45) is -0.705. The summed E-state index contributed by atoms with van der Waals surface area (Å²) >= 11 is 0. The molecule has 0 amide bonds. The lowest BCUT2D eigenvalue weighted by Gasteiger charge is -2.18. The minimum absolute atomic E-state index is 0.0141. The van der Waals surface area contributed by atoms with Crippen molar-refractivity contribution in [3.63, 3.8) is 0 Å². The summed E-state index contributed by atoms with van der Waals surface area (Å²) in [7, 11) is 0. The molecule has 162 valence electrons. The molecular formula is C19H28N2O8. The summed E-state index contributed by atoms with van der Waals surface area (Å²) in [5, 5.41) is 42.6. The molecule has 1 rings (SSSR count). The van der Waals surface area contributed by atoms with Crippen LogP contribution in [0.2, 0.25) is 0 Å². The number of hydrogen-bond acceptors (Lipinski definition) is 8. The number of nitrogens with one attached hydrogen (secondary N) is 2. The lowest BCUT2D eigenvalue weighted by atomic mass is 10.1.